The number of anilines is 1. The lowest BCUT2D eigenvalue weighted by atomic mass is 9.90. The van der Waals surface area contributed by atoms with Gasteiger partial charge in [-0.25, -0.2) is 18.3 Å². The molecule has 0 radical (unpaired) electrons. The first-order valence-electron chi connectivity index (χ1n) is 11.5. The van der Waals surface area contributed by atoms with Gasteiger partial charge in [-0.15, -0.1) is 0 Å². The van der Waals surface area contributed by atoms with E-state index in [-0.39, 0.29) is 29.2 Å². The Kier molecular flexibility index (Phi) is 7.69. The van der Waals surface area contributed by atoms with Crippen LogP contribution in [-0.4, -0.2) is 76.5 Å². The molecule has 2 heterocycles. The number of carbonyl (C=O) groups is 1. The van der Waals surface area contributed by atoms with Gasteiger partial charge < -0.3 is 19.5 Å². The average molecular weight is 539 g/mol. The van der Waals surface area contributed by atoms with Crippen molar-refractivity contribution in [2.75, 3.05) is 45.5 Å². The summed E-state index contributed by atoms with van der Waals surface area (Å²) in [6.45, 7) is 1.96. The first-order valence-corrected chi connectivity index (χ1v) is 13.0. The average Bonchev–Trinajstić information content (AvgIpc) is 2.81. The zero-order valence-corrected chi connectivity index (χ0v) is 21.4. The van der Waals surface area contributed by atoms with Crippen molar-refractivity contribution in [3.63, 3.8) is 0 Å². The molecule has 0 aromatic heterocycles. The molecule has 2 aliphatic heterocycles. The van der Waals surface area contributed by atoms with Gasteiger partial charge in [-0.2, -0.15) is 8.42 Å². The van der Waals surface area contributed by atoms with Gasteiger partial charge in [0.05, 0.1) is 5.69 Å². The number of likely N-dealkylation sites (tertiary alicyclic amines) is 1. The molecule has 2 aliphatic rings. The predicted molar refractivity (Wildman–Crippen MR) is 132 cm³/mol. The number of nitrogens with one attached hydrogen (secondary N) is 2. The molecule has 0 bridgehead atoms. The minimum absolute atomic E-state index is 0.107. The van der Waals surface area contributed by atoms with Crippen LogP contribution in [0.15, 0.2) is 35.9 Å². The third-order valence-corrected chi connectivity index (χ3v) is 7.18. The Balaban J connectivity index is 1.75. The monoisotopic (exact) mass is 538 g/mol. The third kappa shape index (κ3) is 5.85. The van der Waals surface area contributed by atoms with Gasteiger partial charge in [-0.3, -0.25) is 9.62 Å². The molecule has 4 rings (SSSR count). The summed E-state index contributed by atoms with van der Waals surface area (Å²) in [5, 5.41) is 10.9. The third-order valence-electron chi connectivity index (χ3n) is 6.15. The molecule has 1 amide bonds. The Morgan fingerprint density at radius 2 is 2.00 bits per heavy atom. The molecule has 2 aromatic carbocycles. The Hall–Kier alpha value is -3.26. The summed E-state index contributed by atoms with van der Waals surface area (Å²) in [7, 11) is 0.147. The fourth-order valence-corrected chi connectivity index (χ4v) is 4.53. The Bertz CT molecular complexity index is 1340. The number of carbonyl (C=O) groups excluding carboxylic acids is 1. The van der Waals surface area contributed by atoms with Gasteiger partial charge in [0.2, 0.25) is 6.29 Å². The maximum absolute atomic E-state index is 15.3. The van der Waals surface area contributed by atoms with Crippen molar-refractivity contribution in [1.82, 2.24) is 14.5 Å². The molecule has 1 unspecified atom stereocenters. The van der Waals surface area contributed by atoms with Gasteiger partial charge in [0.25, 0.3) is 10.2 Å². The first kappa shape index (κ1) is 26.8. The summed E-state index contributed by atoms with van der Waals surface area (Å²) < 4.78 is 68.8. The minimum Gasteiger partial charge on any atom is -0.460 e. The molecule has 2 aromatic rings. The van der Waals surface area contributed by atoms with Crippen molar-refractivity contribution in [2.45, 2.75) is 19.1 Å². The first-order chi connectivity index (χ1) is 17.5. The van der Waals surface area contributed by atoms with E-state index in [1.807, 2.05) is 0 Å². The van der Waals surface area contributed by atoms with E-state index in [1.165, 1.54) is 51.5 Å². The van der Waals surface area contributed by atoms with Crippen molar-refractivity contribution in [2.24, 2.45) is 0 Å². The molecular weight excluding hydrogens is 510 g/mol. The molecule has 1 atom stereocenters. The highest BCUT2D eigenvalue weighted by Gasteiger charge is 2.32. The molecule has 0 aliphatic carbocycles. The van der Waals surface area contributed by atoms with Crippen molar-refractivity contribution in [3.05, 3.63) is 58.7 Å². The number of fused-ring (bicyclic) bond motifs is 1. The largest absolute Gasteiger partial charge is 0.460 e. The van der Waals surface area contributed by atoms with Crippen LogP contribution in [0.4, 0.5) is 19.3 Å². The fourth-order valence-electron chi connectivity index (χ4n) is 3.99. The van der Waals surface area contributed by atoms with Crippen molar-refractivity contribution in [1.29, 1.82) is 0 Å². The second-order valence-corrected chi connectivity index (χ2v) is 10.5. The second-order valence-electron chi connectivity index (χ2n) is 8.91. The van der Waals surface area contributed by atoms with Crippen LogP contribution in [-0.2, 0) is 16.6 Å². The number of nitrogens with zero attached hydrogens (tertiary/aromatic N) is 2. The molecule has 1 fully saturated rings. The van der Waals surface area contributed by atoms with Crippen molar-refractivity contribution < 1.29 is 36.6 Å². The van der Waals surface area contributed by atoms with Gasteiger partial charge in [0.1, 0.15) is 5.75 Å². The van der Waals surface area contributed by atoms with Crippen LogP contribution in [0.3, 0.4) is 0 Å². The molecule has 37 heavy (non-hydrogen) atoms. The Labute approximate surface area is 213 Å². The molecule has 3 N–H and O–H groups in total. The molecule has 1 saturated heterocycles. The highest BCUT2D eigenvalue weighted by atomic mass is 32.2. The molecular formula is C24H28F2N4O6S. The maximum Gasteiger partial charge on any atom is 0.414 e. The smallest absolute Gasteiger partial charge is 0.414 e. The van der Waals surface area contributed by atoms with Gasteiger partial charge in [0.15, 0.2) is 17.4 Å². The van der Waals surface area contributed by atoms with E-state index in [0.29, 0.717) is 23.3 Å². The van der Waals surface area contributed by atoms with E-state index < -0.39 is 34.2 Å². The number of benzene rings is 2. The van der Waals surface area contributed by atoms with E-state index in [9.17, 15) is 22.7 Å². The van der Waals surface area contributed by atoms with Crippen LogP contribution in [0, 0.1) is 11.6 Å². The van der Waals surface area contributed by atoms with Crippen LogP contribution >= 0.6 is 0 Å². The van der Waals surface area contributed by atoms with Gasteiger partial charge in [-0.05, 0) is 42.8 Å². The highest BCUT2D eigenvalue weighted by molar-refractivity contribution is 7.90. The number of amides is 1. The number of aliphatic hydroxyl groups is 1. The molecule has 13 heteroatoms. The van der Waals surface area contributed by atoms with Crippen molar-refractivity contribution >= 4 is 27.6 Å². The van der Waals surface area contributed by atoms with Crippen LogP contribution in [0.1, 0.15) is 17.5 Å². The number of halogens is 2. The quantitative estimate of drug-likeness (QED) is 0.472. The summed E-state index contributed by atoms with van der Waals surface area (Å²) >= 11 is 0. The highest BCUT2D eigenvalue weighted by Crippen LogP contribution is 2.41. The second kappa shape index (κ2) is 10.6. The Morgan fingerprint density at radius 3 is 2.62 bits per heavy atom. The summed E-state index contributed by atoms with van der Waals surface area (Å²) in [5.74, 6) is -1.85. The SMILES string of the molecule is CNS(=O)(=O)Nc1cccc(CC2=C(CN3CCC3)c3cc(F)c(OC(=O)N(C)C)cc3OC2O)c1F. The van der Waals surface area contributed by atoms with E-state index in [0.717, 1.165) is 24.4 Å². The predicted octanol–water partition coefficient (Wildman–Crippen LogP) is 2.31. The molecule has 0 saturated carbocycles. The summed E-state index contributed by atoms with van der Waals surface area (Å²) in [5.41, 5.74) is 1.06. The van der Waals surface area contributed by atoms with E-state index in [4.69, 9.17) is 9.47 Å². The molecule has 200 valence electrons. The maximum atomic E-state index is 15.3. The van der Waals surface area contributed by atoms with Crippen LogP contribution in [0.5, 0.6) is 11.5 Å². The lowest BCUT2D eigenvalue weighted by molar-refractivity contribution is 0.00954. The van der Waals surface area contributed by atoms with Crippen LogP contribution < -0.4 is 18.9 Å². The summed E-state index contributed by atoms with van der Waals surface area (Å²) in [4.78, 5) is 15.1. The summed E-state index contributed by atoms with van der Waals surface area (Å²) in [6, 6.07) is 6.60. The van der Waals surface area contributed by atoms with Gasteiger partial charge >= 0.3 is 6.09 Å². The number of aliphatic hydroxyl groups excluding tert-OH is 1. The topological polar surface area (TPSA) is 120 Å². The number of ether oxygens (including phenoxy) is 2. The van der Waals surface area contributed by atoms with E-state index in [1.54, 1.807) is 0 Å². The summed E-state index contributed by atoms with van der Waals surface area (Å²) in [6.07, 6.45) is -1.41. The minimum atomic E-state index is -3.95. The van der Waals surface area contributed by atoms with E-state index in [2.05, 4.69) is 14.3 Å². The number of hydrogen-bond acceptors (Lipinski definition) is 7. The van der Waals surface area contributed by atoms with Crippen molar-refractivity contribution in [3.8, 4) is 11.5 Å². The van der Waals surface area contributed by atoms with E-state index >= 15 is 4.39 Å². The standard InChI is InChI=1S/C24H28F2N4O6S/c1-27-37(33,34)28-19-7-4-6-14(22(19)26)10-16-17(13-30-8-5-9-30)15-11-18(25)21(36-24(32)29(2)3)12-20(15)35-23(16)31/h4,6-7,11-12,23,27-28,31H,5,8-10,13H2,1-3H3. The zero-order valence-electron chi connectivity index (χ0n) is 20.5. The Morgan fingerprint density at radius 1 is 1.27 bits per heavy atom. The number of hydrogen-bond donors (Lipinski definition) is 3. The zero-order chi connectivity index (χ0) is 26.9. The normalized spacial score (nSPS) is 17.5. The van der Waals surface area contributed by atoms with Crippen LogP contribution in [0.25, 0.3) is 5.57 Å². The number of rotatable bonds is 8. The van der Waals surface area contributed by atoms with Gasteiger partial charge in [-0.1, -0.05) is 12.1 Å². The van der Waals surface area contributed by atoms with Crippen LogP contribution in [0.2, 0.25) is 0 Å². The fraction of sp³-hybridized carbons (Fsp3) is 0.375. The molecule has 10 nitrogen and oxygen atoms in total. The lowest BCUT2D eigenvalue weighted by Gasteiger charge is -2.35. The lowest BCUT2D eigenvalue weighted by Crippen LogP contribution is -2.39. The van der Waals surface area contributed by atoms with Gasteiger partial charge in [0, 0.05) is 51.3 Å². The molecule has 0 spiro atoms.